The van der Waals surface area contributed by atoms with Gasteiger partial charge in [-0.1, -0.05) is 53.6 Å². The molecule has 0 saturated carbocycles. The average molecular weight is 401 g/mol. The predicted molar refractivity (Wildman–Crippen MR) is 114 cm³/mol. The van der Waals surface area contributed by atoms with Gasteiger partial charge in [0.05, 0.1) is 27.3 Å². The molecule has 1 amide bonds. The number of anilines is 2. The van der Waals surface area contributed by atoms with Crippen LogP contribution in [0.2, 0.25) is 10.0 Å². The third-order valence-electron chi connectivity index (χ3n) is 5.43. The zero-order valence-corrected chi connectivity index (χ0v) is 16.8. The molecule has 0 spiro atoms. The van der Waals surface area contributed by atoms with Crippen LogP contribution in [0.25, 0.3) is 6.08 Å². The molecule has 3 nitrogen and oxygen atoms in total. The van der Waals surface area contributed by atoms with Gasteiger partial charge in [-0.05, 0) is 43.5 Å². The number of hydrogen-bond acceptors (Lipinski definition) is 2. The molecule has 2 aromatic rings. The number of hydrogen-bond donors (Lipinski definition) is 0. The number of carbonyl (C=O) groups is 1. The molecule has 5 heteroatoms. The first-order valence-corrected chi connectivity index (χ1v) is 10.1. The van der Waals surface area contributed by atoms with E-state index in [9.17, 15) is 4.79 Å². The Morgan fingerprint density at radius 1 is 1.07 bits per heavy atom. The first kappa shape index (κ1) is 18.4. The second kappa shape index (κ2) is 7.57. The lowest BCUT2D eigenvalue weighted by molar-refractivity contribution is -0.119. The van der Waals surface area contributed by atoms with Crippen LogP contribution in [0.1, 0.15) is 36.8 Å². The van der Waals surface area contributed by atoms with E-state index in [0.29, 0.717) is 16.6 Å². The minimum atomic E-state index is -0.300. The zero-order valence-electron chi connectivity index (χ0n) is 15.3. The molecule has 1 atom stereocenters. The van der Waals surface area contributed by atoms with Crippen molar-refractivity contribution >= 4 is 46.6 Å². The largest absolute Gasteiger partial charge is 0.370 e. The first-order valence-electron chi connectivity index (χ1n) is 9.37. The molecule has 1 fully saturated rings. The molecule has 0 N–H and O–H groups in total. The molecule has 0 bridgehead atoms. The summed E-state index contributed by atoms with van der Waals surface area (Å²) in [6.07, 6.45) is 6.57. The second-order valence-corrected chi connectivity index (χ2v) is 7.97. The maximum Gasteiger partial charge on any atom is 0.234 e. The van der Waals surface area contributed by atoms with Gasteiger partial charge in [-0.2, -0.15) is 0 Å². The van der Waals surface area contributed by atoms with Gasteiger partial charge < -0.3 is 9.80 Å². The van der Waals surface area contributed by atoms with Gasteiger partial charge >= 0.3 is 0 Å². The zero-order chi connectivity index (χ0) is 19.0. The van der Waals surface area contributed by atoms with E-state index >= 15 is 0 Å². The van der Waals surface area contributed by atoms with Crippen molar-refractivity contribution in [1.29, 1.82) is 0 Å². The van der Waals surface area contributed by atoms with Crippen LogP contribution in [-0.2, 0) is 4.79 Å². The van der Waals surface area contributed by atoms with Crippen LogP contribution >= 0.6 is 23.2 Å². The smallest absolute Gasteiger partial charge is 0.234 e. The molecule has 140 valence electrons. The standard InChI is InChI=1S/C22H22Cl2N2O/c1-15(17-9-10-18(23)19(24)14-17)22(27)26-13-5-7-16-6-4-8-20(21(16)26)25-11-2-3-12-25/h4-10,14-15H,2-3,11-13H2,1H3. The van der Waals surface area contributed by atoms with Crippen LogP contribution in [0, 0.1) is 0 Å². The van der Waals surface area contributed by atoms with Gasteiger partial charge in [-0.15, -0.1) is 0 Å². The van der Waals surface area contributed by atoms with Gasteiger partial charge in [0.2, 0.25) is 5.91 Å². The Labute approximate surface area is 170 Å². The van der Waals surface area contributed by atoms with Gasteiger partial charge in [0.1, 0.15) is 0 Å². The third kappa shape index (κ3) is 3.46. The van der Waals surface area contributed by atoms with Crippen LogP contribution in [0.3, 0.4) is 0 Å². The first-order chi connectivity index (χ1) is 13.1. The van der Waals surface area contributed by atoms with Gasteiger partial charge in [-0.25, -0.2) is 0 Å². The van der Waals surface area contributed by atoms with Crippen LogP contribution in [-0.4, -0.2) is 25.5 Å². The van der Waals surface area contributed by atoms with Crippen LogP contribution in [0.4, 0.5) is 11.4 Å². The highest BCUT2D eigenvalue weighted by atomic mass is 35.5. The number of nitrogens with zero attached hydrogens (tertiary/aromatic N) is 2. The van der Waals surface area contributed by atoms with Crippen molar-refractivity contribution in [2.75, 3.05) is 29.4 Å². The predicted octanol–water partition coefficient (Wildman–Crippen LogP) is 5.76. The molecule has 0 aliphatic carbocycles. The minimum absolute atomic E-state index is 0.0747. The van der Waals surface area contributed by atoms with E-state index in [1.807, 2.05) is 17.9 Å². The molecule has 1 saturated heterocycles. The lowest BCUT2D eigenvalue weighted by Gasteiger charge is -2.33. The summed E-state index contributed by atoms with van der Waals surface area (Å²) in [6, 6.07) is 11.7. The monoisotopic (exact) mass is 400 g/mol. The normalized spacial score (nSPS) is 17.1. The highest BCUT2D eigenvalue weighted by molar-refractivity contribution is 6.42. The molecule has 1 unspecified atom stereocenters. The number of fused-ring (bicyclic) bond motifs is 1. The van der Waals surface area contributed by atoms with Crippen molar-refractivity contribution in [3.8, 4) is 0 Å². The lowest BCUT2D eigenvalue weighted by Crippen LogP contribution is -2.37. The highest BCUT2D eigenvalue weighted by Gasteiger charge is 2.29. The van der Waals surface area contributed by atoms with Gasteiger partial charge in [0.25, 0.3) is 0 Å². The number of rotatable bonds is 3. The van der Waals surface area contributed by atoms with Crippen molar-refractivity contribution in [1.82, 2.24) is 0 Å². The Balaban J connectivity index is 1.70. The lowest BCUT2D eigenvalue weighted by atomic mass is 9.97. The van der Waals surface area contributed by atoms with E-state index in [4.69, 9.17) is 23.2 Å². The molecule has 2 aliphatic rings. The minimum Gasteiger partial charge on any atom is -0.370 e. The van der Waals surface area contributed by atoms with Gasteiger partial charge in [0, 0.05) is 25.2 Å². The fourth-order valence-electron chi connectivity index (χ4n) is 3.93. The number of amides is 1. The third-order valence-corrected chi connectivity index (χ3v) is 6.17. The molecule has 2 aliphatic heterocycles. The molecule has 2 heterocycles. The SMILES string of the molecule is CC(C(=O)N1CC=Cc2cccc(N3CCCC3)c21)c1ccc(Cl)c(Cl)c1. The fraction of sp³-hybridized carbons (Fsp3) is 0.318. The Morgan fingerprint density at radius 3 is 2.59 bits per heavy atom. The van der Waals surface area contributed by atoms with E-state index in [-0.39, 0.29) is 11.8 Å². The van der Waals surface area contributed by atoms with E-state index in [2.05, 4.69) is 35.3 Å². The molecule has 27 heavy (non-hydrogen) atoms. The Kier molecular flexibility index (Phi) is 5.16. The highest BCUT2D eigenvalue weighted by Crippen LogP contribution is 2.39. The summed E-state index contributed by atoms with van der Waals surface area (Å²) < 4.78 is 0. The van der Waals surface area contributed by atoms with Gasteiger partial charge in [0.15, 0.2) is 0 Å². The maximum absolute atomic E-state index is 13.4. The number of benzene rings is 2. The van der Waals surface area contributed by atoms with Gasteiger partial charge in [-0.3, -0.25) is 4.79 Å². The molecular weight excluding hydrogens is 379 g/mol. The quantitative estimate of drug-likeness (QED) is 0.653. The number of para-hydroxylation sites is 1. The Morgan fingerprint density at radius 2 is 1.85 bits per heavy atom. The number of carbonyl (C=O) groups excluding carboxylic acids is 1. The van der Waals surface area contributed by atoms with E-state index in [1.165, 1.54) is 12.8 Å². The summed E-state index contributed by atoms with van der Waals surface area (Å²) in [7, 11) is 0. The van der Waals surface area contributed by atoms with E-state index < -0.39 is 0 Å². The summed E-state index contributed by atoms with van der Waals surface area (Å²) in [6.45, 7) is 4.61. The molecule has 0 radical (unpaired) electrons. The van der Waals surface area contributed by atoms with Crippen molar-refractivity contribution < 1.29 is 4.79 Å². The maximum atomic E-state index is 13.4. The van der Waals surface area contributed by atoms with E-state index in [1.54, 1.807) is 12.1 Å². The fourth-order valence-corrected chi connectivity index (χ4v) is 4.23. The van der Waals surface area contributed by atoms with Crippen molar-refractivity contribution in [3.05, 3.63) is 63.6 Å². The molecule has 2 aromatic carbocycles. The van der Waals surface area contributed by atoms with Crippen molar-refractivity contribution in [2.45, 2.75) is 25.7 Å². The second-order valence-electron chi connectivity index (χ2n) is 7.16. The van der Waals surface area contributed by atoms with Crippen LogP contribution in [0.5, 0.6) is 0 Å². The Hall–Kier alpha value is -1.97. The van der Waals surface area contributed by atoms with E-state index in [0.717, 1.165) is 35.6 Å². The summed E-state index contributed by atoms with van der Waals surface area (Å²) in [5.74, 6) is -0.226. The number of halogens is 2. The molecule has 0 aromatic heterocycles. The summed E-state index contributed by atoms with van der Waals surface area (Å²) >= 11 is 12.2. The van der Waals surface area contributed by atoms with Crippen LogP contribution in [0.15, 0.2) is 42.5 Å². The summed E-state index contributed by atoms with van der Waals surface area (Å²) in [4.78, 5) is 17.7. The average Bonchev–Trinajstić information content (AvgIpc) is 3.22. The molecule has 4 rings (SSSR count). The van der Waals surface area contributed by atoms with Crippen LogP contribution < -0.4 is 9.80 Å². The van der Waals surface area contributed by atoms with Crippen molar-refractivity contribution in [2.24, 2.45) is 0 Å². The Bertz CT molecular complexity index is 903. The van der Waals surface area contributed by atoms with Crippen molar-refractivity contribution in [3.63, 3.8) is 0 Å². The topological polar surface area (TPSA) is 23.6 Å². The summed E-state index contributed by atoms with van der Waals surface area (Å²) in [5.41, 5.74) is 4.16. The molecular formula is C22H22Cl2N2O. The summed E-state index contributed by atoms with van der Waals surface area (Å²) in [5, 5.41) is 0.980.